The lowest BCUT2D eigenvalue weighted by Gasteiger charge is -2.44. The van der Waals surface area contributed by atoms with Crippen LogP contribution in [0.1, 0.15) is 42.9 Å². The van der Waals surface area contributed by atoms with Crippen LogP contribution in [0.15, 0.2) is 6.20 Å². The molecule has 0 radical (unpaired) electrons. The summed E-state index contributed by atoms with van der Waals surface area (Å²) in [6, 6.07) is -0.573. The minimum Gasteiger partial charge on any atom is -0.325 e. The van der Waals surface area contributed by atoms with Crippen LogP contribution in [-0.2, 0) is 9.59 Å². The quantitative estimate of drug-likeness (QED) is 0.748. The van der Waals surface area contributed by atoms with Crippen molar-refractivity contribution in [2.75, 3.05) is 31.1 Å². The maximum atomic E-state index is 12.9. The van der Waals surface area contributed by atoms with Gasteiger partial charge in [0.1, 0.15) is 12.6 Å². The first-order chi connectivity index (χ1) is 12.2. The van der Waals surface area contributed by atoms with Gasteiger partial charge in [0, 0.05) is 24.2 Å². The molecule has 2 aliphatic heterocycles. The Morgan fingerprint density at radius 2 is 2.00 bits per heavy atom. The maximum Gasteiger partial charge on any atom is 0.253 e. The van der Waals surface area contributed by atoms with Crippen LogP contribution in [0.4, 0.5) is 5.13 Å². The summed E-state index contributed by atoms with van der Waals surface area (Å²) in [6.07, 6.45) is 10.2. The van der Waals surface area contributed by atoms with Crippen LogP contribution in [-0.4, -0.2) is 58.8 Å². The minimum atomic E-state index is -0.573. The van der Waals surface area contributed by atoms with Crippen LogP contribution >= 0.6 is 11.3 Å². The highest BCUT2D eigenvalue weighted by Crippen LogP contribution is 2.38. The molecule has 1 aliphatic carbocycles. The van der Waals surface area contributed by atoms with Crippen molar-refractivity contribution in [3.63, 3.8) is 0 Å². The molecule has 7 nitrogen and oxygen atoms in total. The van der Waals surface area contributed by atoms with E-state index >= 15 is 0 Å². The van der Waals surface area contributed by atoms with Crippen LogP contribution in [0.5, 0.6) is 0 Å². The molecule has 3 aliphatic rings. The molecule has 3 heterocycles. The SMILES string of the molecule is N#CN1CC(=O)N2CCN(c3ncc(C4CCCCC4)s3)C(=O)C2C1. The Morgan fingerprint density at radius 1 is 1.20 bits per heavy atom. The first-order valence-corrected chi connectivity index (χ1v) is 9.70. The number of anilines is 1. The van der Waals surface area contributed by atoms with Gasteiger partial charge in [-0.15, -0.1) is 11.3 Å². The van der Waals surface area contributed by atoms with E-state index in [2.05, 4.69) is 4.98 Å². The second-order valence-electron chi connectivity index (χ2n) is 6.95. The van der Waals surface area contributed by atoms with Crippen LogP contribution < -0.4 is 4.90 Å². The number of rotatable bonds is 2. The number of thiazole rings is 1. The minimum absolute atomic E-state index is 0.0728. The van der Waals surface area contributed by atoms with Gasteiger partial charge in [-0.25, -0.2) is 4.98 Å². The zero-order valence-electron chi connectivity index (χ0n) is 14.1. The van der Waals surface area contributed by atoms with Gasteiger partial charge < -0.3 is 4.90 Å². The predicted molar refractivity (Wildman–Crippen MR) is 93.0 cm³/mol. The third-order valence-corrected chi connectivity index (χ3v) is 6.61. The molecule has 2 saturated heterocycles. The fourth-order valence-corrected chi connectivity index (χ4v) is 5.15. The van der Waals surface area contributed by atoms with E-state index in [0.717, 1.165) is 5.13 Å². The molecule has 0 aromatic carbocycles. The molecule has 25 heavy (non-hydrogen) atoms. The highest BCUT2D eigenvalue weighted by atomic mass is 32.1. The Balaban J connectivity index is 1.52. The number of aromatic nitrogens is 1. The number of amides is 2. The van der Waals surface area contributed by atoms with Crippen LogP contribution in [0.2, 0.25) is 0 Å². The molecule has 1 aromatic rings. The van der Waals surface area contributed by atoms with Gasteiger partial charge in [0.05, 0.1) is 6.54 Å². The molecule has 8 heteroatoms. The van der Waals surface area contributed by atoms with Gasteiger partial charge in [0.2, 0.25) is 5.91 Å². The maximum absolute atomic E-state index is 12.9. The average Bonchev–Trinajstić information content (AvgIpc) is 3.13. The van der Waals surface area contributed by atoms with Crippen molar-refractivity contribution in [3.8, 4) is 6.19 Å². The van der Waals surface area contributed by atoms with Crippen LogP contribution in [0.25, 0.3) is 0 Å². The second kappa shape index (κ2) is 6.64. The molecule has 132 valence electrons. The predicted octanol–water partition coefficient (Wildman–Crippen LogP) is 1.53. The first kappa shape index (κ1) is 16.3. The monoisotopic (exact) mass is 359 g/mol. The topological polar surface area (TPSA) is 80.5 Å². The van der Waals surface area contributed by atoms with Crippen molar-refractivity contribution in [2.24, 2.45) is 0 Å². The smallest absolute Gasteiger partial charge is 0.253 e. The lowest BCUT2D eigenvalue weighted by molar-refractivity contribution is -0.146. The van der Waals surface area contributed by atoms with Gasteiger partial charge in [-0.2, -0.15) is 5.26 Å². The summed E-state index contributed by atoms with van der Waals surface area (Å²) < 4.78 is 0. The van der Waals surface area contributed by atoms with Gasteiger partial charge in [-0.1, -0.05) is 19.3 Å². The van der Waals surface area contributed by atoms with Gasteiger partial charge in [0.25, 0.3) is 5.91 Å². The van der Waals surface area contributed by atoms with Gasteiger partial charge in [-0.05, 0) is 18.8 Å². The number of hydrogen-bond donors (Lipinski definition) is 0. The Kier molecular flexibility index (Phi) is 4.34. The van der Waals surface area contributed by atoms with Gasteiger partial charge in [0.15, 0.2) is 11.3 Å². The molecule has 1 aromatic heterocycles. The van der Waals surface area contributed by atoms with E-state index in [9.17, 15) is 9.59 Å². The number of carbonyl (C=O) groups excluding carboxylic acids is 2. The zero-order chi connectivity index (χ0) is 17.4. The highest BCUT2D eigenvalue weighted by molar-refractivity contribution is 7.15. The standard InChI is InChI=1S/C17H21N5O2S/c18-11-20-9-13-16(24)22(7-6-21(13)15(23)10-20)17-19-8-14(25-17)12-4-2-1-3-5-12/h8,12-13H,1-7,9-10H2. The van der Waals surface area contributed by atoms with Crippen LogP contribution in [0, 0.1) is 11.5 Å². The Morgan fingerprint density at radius 3 is 2.76 bits per heavy atom. The van der Waals surface area contributed by atoms with Crippen molar-refractivity contribution in [1.29, 1.82) is 5.26 Å². The summed E-state index contributed by atoms with van der Waals surface area (Å²) in [5.74, 6) is 0.304. The summed E-state index contributed by atoms with van der Waals surface area (Å²) in [6.45, 7) is 1.33. The lowest BCUT2D eigenvalue weighted by atomic mass is 9.89. The molecular weight excluding hydrogens is 338 g/mol. The number of fused-ring (bicyclic) bond motifs is 1. The fraction of sp³-hybridized carbons (Fsp3) is 0.647. The van der Waals surface area contributed by atoms with Crippen molar-refractivity contribution in [3.05, 3.63) is 11.1 Å². The molecule has 4 rings (SSSR count). The summed E-state index contributed by atoms with van der Waals surface area (Å²) in [4.78, 5) is 35.5. The number of hydrogen-bond acceptors (Lipinski definition) is 6. The largest absolute Gasteiger partial charge is 0.325 e. The fourth-order valence-electron chi connectivity index (χ4n) is 4.03. The molecular formula is C17H21N5O2S. The molecule has 3 fully saturated rings. The van der Waals surface area contributed by atoms with E-state index in [4.69, 9.17) is 5.26 Å². The average molecular weight is 359 g/mol. The van der Waals surface area contributed by atoms with E-state index in [-0.39, 0.29) is 24.9 Å². The Labute approximate surface area is 150 Å². The molecule has 1 unspecified atom stereocenters. The van der Waals surface area contributed by atoms with Crippen molar-refractivity contribution in [1.82, 2.24) is 14.8 Å². The number of carbonyl (C=O) groups is 2. The molecule has 1 atom stereocenters. The second-order valence-corrected chi connectivity index (χ2v) is 7.99. The highest BCUT2D eigenvalue weighted by Gasteiger charge is 2.43. The van der Waals surface area contributed by atoms with E-state index in [0.29, 0.717) is 19.0 Å². The molecule has 2 amide bonds. The molecule has 0 N–H and O–H groups in total. The van der Waals surface area contributed by atoms with E-state index in [1.54, 1.807) is 21.1 Å². The summed E-state index contributed by atoms with van der Waals surface area (Å²) in [7, 11) is 0. The molecule has 0 spiro atoms. The van der Waals surface area contributed by atoms with Crippen molar-refractivity contribution < 1.29 is 9.59 Å². The van der Waals surface area contributed by atoms with Gasteiger partial charge in [-0.3, -0.25) is 19.4 Å². The lowest BCUT2D eigenvalue weighted by Crippen LogP contribution is -2.66. The van der Waals surface area contributed by atoms with Crippen molar-refractivity contribution >= 4 is 28.3 Å². The number of nitriles is 1. The summed E-state index contributed by atoms with van der Waals surface area (Å²) in [5, 5.41) is 9.81. The normalized spacial score (nSPS) is 25.1. The summed E-state index contributed by atoms with van der Waals surface area (Å²) >= 11 is 1.61. The van der Waals surface area contributed by atoms with E-state index in [1.165, 1.54) is 41.9 Å². The Hall–Kier alpha value is -2.14. The molecule has 1 saturated carbocycles. The summed E-state index contributed by atoms with van der Waals surface area (Å²) in [5.41, 5.74) is 0. The third kappa shape index (κ3) is 2.97. The number of piperazine rings is 2. The van der Waals surface area contributed by atoms with Crippen molar-refractivity contribution in [2.45, 2.75) is 44.1 Å². The molecule has 0 bridgehead atoms. The number of nitrogens with zero attached hydrogens (tertiary/aromatic N) is 5. The first-order valence-electron chi connectivity index (χ1n) is 8.88. The zero-order valence-corrected chi connectivity index (χ0v) is 14.9. The Bertz CT molecular complexity index is 721. The third-order valence-electron chi connectivity index (χ3n) is 5.42. The van der Waals surface area contributed by atoms with Crippen LogP contribution in [0.3, 0.4) is 0 Å². The van der Waals surface area contributed by atoms with E-state index in [1.807, 2.05) is 12.4 Å². The van der Waals surface area contributed by atoms with Gasteiger partial charge >= 0.3 is 0 Å². The van der Waals surface area contributed by atoms with E-state index < -0.39 is 6.04 Å².